The number of carbonyl (C=O) groups is 1. The molecule has 1 aliphatic rings. The van der Waals surface area contributed by atoms with Gasteiger partial charge in [0.1, 0.15) is 0 Å². The van der Waals surface area contributed by atoms with Gasteiger partial charge in [-0.2, -0.15) is 5.26 Å². The summed E-state index contributed by atoms with van der Waals surface area (Å²) in [6.45, 7) is 0. The average molecular weight is 178 g/mol. The van der Waals surface area contributed by atoms with Gasteiger partial charge < -0.3 is 9.64 Å². The molecule has 0 aromatic rings. The normalized spacial score (nSPS) is 20.5. The lowest BCUT2D eigenvalue weighted by molar-refractivity contribution is -0.136. The number of methoxy groups -OCH3 is 1. The Hall–Kier alpha value is -1.76. The molecule has 1 aliphatic heterocycles. The molecule has 1 heterocycles. The lowest BCUT2D eigenvalue weighted by Gasteiger charge is -2.18. The Kier molecular flexibility index (Phi) is 2.70. The SMILES string of the molecule is COC(=O)C1=CN(C)C=CC1C#N. The van der Waals surface area contributed by atoms with E-state index < -0.39 is 11.9 Å². The van der Waals surface area contributed by atoms with Crippen molar-refractivity contribution in [1.82, 2.24) is 4.90 Å². The van der Waals surface area contributed by atoms with E-state index in [1.165, 1.54) is 7.11 Å². The Bertz CT molecular complexity index is 312. The number of hydrogen-bond donors (Lipinski definition) is 0. The maximum Gasteiger partial charge on any atom is 0.336 e. The second-order valence-corrected chi connectivity index (χ2v) is 2.69. The largest absolute Gasteiger partial charge is 0.466 e. The van der Waals surface area contributed by atoms with Crippen LogP contribution in [0.25, 0.3) is 0 Å². The Morgan fingerprint density at radius 2 is 2.46 bits per heavy atom. The number of esters is 1. The van der Waals surface area contributed by atoms with E-state index in [2.05, 4.69) is 4.74 Å². The van der Waals surface area contributed by atoms with E-state index in [1.807, 2.05) is 6.07 Å². The van der Waals surface area contributed by atoms with E-state index in [0.29, 0.717) is 5.57 Å². The van der Waals surface area contributed by atoms with Crippen molar-refractivity contribution >= 4 is 5.97 Å². The van der Waals surface area contributed by atoms with Crippen LogP contribution >= 0.6 is 0 Å². The summed E-state index contributed by atoms with van der Waals surface area (Å²) in [5.41, 5.74) is 0.370. The molecule has 1 atom stereocenters. The standard InChI is InChI=1S/C9H10N2O2/c1-11-4-3-7(5-10)8(6-11)9(12)13-2/h3-4,6-7H,1-2H3. The van der Waals surface area contributed by atoms with Crippen LogP contribution in [-0.4, -0.2) is 25.0 Å². The fourth-order valence-electron chi connectivity index (χ4n) is 1.08. The first-order valence-electron chi connectivity index (χ1n) is 3.79. The van der Waals surface area contributed by atoms with Crippen molar-refractivity contribution in [2.24, 2.45) is 5.92 Å². The minimum Gasteiger partial charge on any atom is -0.466 e. The maximum absolute atomic E-state index is 11.2. The lowest BCUT2D eigenvalue weighted by Crippen LogP contribution is -2.19. The van der Waals surface area contributed by atoms with Gasteiger partial charge in [0.15, 0.2) is 0 Å². The third-order valence-corrected chi connectivity index (χ3v) is 1.75. The summed E-state index contributed by atoms with van der Waals surface area (Å²) in [6.07, 6.45) is 4.99. The second-order valence-electron chi connectivity index (χ2n) is 2.69. The van der Waals surface area contributed by atoms with E-state index in [1.54, 1.807) is 30.4 Å². The maximum atomic E-state index is 11.2. The van der Waals surface area contributed by atoms with Gasteiger partial charge >= 0.3 is 5.97 Å². The Morgan fingerprint density at radius 1 is 1.77 bits per heavy atom. The van der Waals surface area contributed by atoms with Crippen LogP contribution in [0, 0.1) is 17.2 Å². The molecule has 4 nitrogen and oxygen atoms in total. The van der Waals surface area contributed by atoms with Gasteiger partial charge in [0, 0.05) is 19.4 Å². The van der Waals surface area contributed by atoms with Gasteiger partial charge in [-0.15, -0.1) is 0 Å². The van der Waals surface area contributed by atoms with E-state index in [9.17, 15) is 4.79 Å². The molecule has 1 unspecified atom stereocenters. The monoisotopic (exact) mass is 178 g/mol. The predicted molar refractivity (Wildman–Crippen MR) is 46.1 cm³/mol. The smallest absolute Gasteiger partial charge is 0.336 e. The minimum atomic E-state index is -0.497. The molecule has 0 aromatic carbocycles. The van der Waals surface area contributed by atoms with Crippen LogP contribution < -0.4 is 0 Å². The summed E-state index contributed by atoms with van der Waals surface area (Å²) in [7, 11) is 3.09. The quantitative estimate of drug-likeness (QED) is 0.553. The van der Waals surface area contributed by atoms with E-state index >= 15 is 0 Å². The highest BCUT2D eigenvalue weighted by Crippen LogP contribution is 2.18. The average Bonchev–Trinajstić information content (AvgIpc) is 2.16. The topological polar surface area (TPSA) is 53.3 Å². The predicted octanol–water partition coefficient (Wildman–Crippen LogP) is 0.642. The Morgan fingerprint density at radius 3 is 3.00 bits per heavy atom. The molecule has 13 heavy (non-hydrogen) atoms. The number of rotatable bonds is 1. The highest BCUT2D eigenvalue weighted by Gasteiger charge is 2.22. The van der Waals surface area contributed by atoms with Crippen molar-refractivity contribution in [3.63, 3.8) is 0 Å². The first-order valence-corrected chi connectivity index (χ1v) is 3.79. The number of hydrogen-bond acceptors (Lipinski definition) is 4. The van der Waals surface area contributed by atoms with E-state index in [4.69, 9.17) is 5.26 Å². The van der Waals surface area contributed by atoms with Gasteiger partial charge in [-0.3, -0.25) is 0 Å². The number of ether oxygens (including phenoxy) is 1. The third kappa shape index (κ3) is 1.88. The highest BCUT2D eigenvalue weighted by molar-refractivity contribution is 5.90. The molecule has 0 saturated carbocycles. The first-order chi connectivity index (χ1) is 6.19. The van der Waals surface area contributed by atoms with Gasteiger partial charge in [-0.1, -0.05) is 0 Å². The molecule has 1 rings (SSSR count). The molecule has 0 amide bonds. The molecule has 68 valence electrons. The Labute approximate surface area is 76.7 Å². The van der Waals surface area contributed by atoms with Crippen LogP contribution in [0.1, 0.15) is 0 Å². The van der Waals surface area contributed by atoms with Crippen LogP contribution in [0.2, 0.25) is 0 Å². The number of nitriles is 1. The highest BCUT2D eigenvalue weighted by atomic mass is 16.5. The zero-order chi connectivity index (χ0) is 9.84. The molecule has 0 fully saturated rings. The number of allylic oxidation sites excluding steroid dienone is 1. The zero-order valence-corrected chi connectivity index (χ0v) is 7.52. The fraction of sp³-hybridized carbons (Fsp3) is 0.333. The van der Waals surface area contributed by atoms with Crippen molar-refractivity contribution in [3.05, 3.63) is 24.0 Å². The van der Waals surface area contributed by atoms with Crippen molar-refractivity contribution < 1.29 is 9.53 Å². The van der Waals surface area contributed by atoms with Crippen LogP contribution in [0.4, 0.5) is 0 Å². The van der Waals surface area contributed by atoms with Gasteiger partial charge in [0.05, 0.1) is 24.7 Å². The first kappa shape index (κ1) is 9.33. The molecule has 4 heteroatoms. The summed E-state index contributed by atoms with van der Waals surface area (Å²) in [4.78, 5) is 12.9. The summed E-state index contributed by atoms with van der Waals surface area (Å²) in [6, 6.07) is 2.01. The lowest BCUT2D eigenvalue weighted by atomic mass is 9.99. The van der Waals surface area contributed by atoms with Crippen molar-refractivity contribution in [1.29, 1.82) is 5.26 Å². The summed E-state index contributed by atoms with van der Waals surface area (Å²) < 4.78 is 4.55. The molecule has 0 radical (unpaired) electrons. The Balaban J connectivity index is 2.92. The van der Waals surface area contributed by atoms with E-state index in [0.717, 1.165) is 0 Å². The van der Waals surface area contributed by atoms with Crippen molar-refractivity contribution in [3.8, 4) is 6.07 Å². The second kappa shape index (κ2) is 3.76. The van der Waals surface area contributed by atoms with Gasteiger partial charge in [-0.25, -0.2) is 4.79 Å². The minimum absolute atomic E-state index is 0.370. The number of carbonyl (C=O) groups excluding carboxylic acids is 1. The zero-order valence-electron chi connectivity index (χ0n) is 7.52. The molecule has 0 spiro atoms. The van der Waals surface area contributed by atoms with Gasteiger partial charge in [-0.05, 0) is 6.08 Å². The van der Waals surface area contributed by atoms with Crippen LogP contribution in [0.15, 0.2) is 24.0 Å². The van der Waals surface area contributed by atoms with Gasteiger partial charge in [0.25, 0.3) is 0 Å². The molecular weight excluding hydrogens is 168 g/mol. The van der Waals surface area contributed by atoms with Crippen molar-refractivity contribution in [2.45, 2.75) is 0 Å². The summed E-state index contributed by atoms with van der Waals surface area (Å²) >= 11 is 0. The van der Waals surface area contributed by atoms with Crippen LogP contribution in [-0.2, 0) is 9.53 Å². The molecule has 0 bridgehead atoms. The molecule has 0 saturated heterocycles. The van der Waals surface area contributed by atoms with E-state index in [-0.39, 0.29) is 0 Å². The molecule has 0 aliphatic carbocycles. The summed E-state index contributed by atoms with van der Waals surface area (Å²) in [5, 5.41) is 8.72. The van der Waals surface area contributed by atoms with Crippen LogP contribution in [0.3, 0.4) is 0 Å². The fourth-order valence-corrected chi connectivity index (χ4v) is 1.08. The van der Waals surface area contributed by atoms with Crippen molar-refractivity contribution in [2.75, 3.05) is 14.2 Å². The van der Waals surface area contributed by atoms with Crippen LogP contribution in [0.5, 0.6) is 0 Å². The third-order valence-electron chi connectivity index (χ3n) is 1.75. The van der Waals surface area contributed by atoms with Gasteiger partial charge in [0.2, 0.25) is 0 Å². The molecule has 0 aromatic heterocycles. The molecular formula is C9H10N2O2. The molecule has 0 N–H and O–H groups in total. The number of nitrogens with zero attached hydrogens (tertiary/aromatic N) is 2. The summed E-state index contributed by atoms with van der Waals surface area (Å²) in [5.74, 6) is -0.952.